The van der Waals surface area contributed by atoms with Gasteiger partial charge in [0.15, 0.2) is 0 Å². The molecule has 2 aliphatic heterocycles. The number of nitrogens with one attached hydrogen (secondary N) is 4. The van der Waals surface area contributed by atoms with Crippen LogP contribution in [0, 0.1) is 35.1 Å². The lowest BCUT2D eigenvalue weighted by molar-refractivity contribution is 0.163. The van der Waals surface area contributed by atoms with E-state index in [0.717, 1.165) is 87.5 Å². The molecule has 0 bridgehead atoms. The predicted octanol–water partition coefficient (Wildman–Crippen LogP) is 8.94. The second kappa shape index (κ2) is 27.2. The number of nitrogens with zero attached hydrogens (tertiary/aromatic N) is 4. The molecule has 2 aliphatic rings. The molecule has 2 saturated heterocycles. The largest absolute Gasteiger partial charge is 0.412 e. The molecule has 4 aromatic carbocycles. The quantitative estimate of drug-likeness (QED) is 0.0740. The lowest BCUT2D eigenvalue weighted by Gasteiger charge is -2.37. The maximum atomic E-state index is 13.5. The van der Waals surface area contributed by atoms with Crippen molar-refractivity contribution in [3.63, 3.8) is 0 Å². The zero-order valence-electron chi connectivity index (χ0n) is 38.5. The SMILES string of the molecule is CCN(CC)CCNC(=O)N1CCC(C(Nc2ccc(F)cc2)c2ccc(F)cc2)CC1.CCN(CC)CCNC(=O)N1CCC(C(Nc2ccc(F)cc2)c2ccc(F)cc2)CC1.O. The van der Waals surface area contributed by atoms with Crippen LogP contribution >= 0.6 is 0 Å². The second-order valence-electron chi connectivity index (χ2n) is 16.5. The summed E-state index contributed by atoms with van der Waals surface area (Å²) in [7, 11) is 0. The molecule has 0 aromatic heterocycles. The van der Waals surface area contributed by atoms with Gasteiger partial charge in [0.2, 0.25) is 0 Å². The summed E-state index contributed by atoms with van der Waals surface area (Å²) in [6.07, 6.45) is 3.33. The molecule has 2 atom stereocenters. The van der Waals surface area contributed by atoms with Gasteiger partial charge in [-0.2, -0.15) is 0 Å². The topological polar surface area (TPSA) is 127 Å². The summed E-state index contributed by atoms with van der Waals surface area (Å²) in [6, 6.07) is 25.5. The van der Waals surface area contributed by atoms with Crippen LogP contribution in [0.2, 0.25) is 0 Å². The van der Waals surface area contributed by atoms with Crippen molar-refractivity contribution >= 4 is 23.4 Å². The highest BCUT2D eigenvalue weighted by molar-refractivity contribution is 5.74. The number of urea groups is 2. The Balaban J connectivity index is 0.000000280. The molecular formula is C50H70F4N8O3. The van der Waals surface area contributed by atoms with E-state index in [0.29, 0.717) is 39.3 Å². The smallest absolute Gasteiger partial charge is 0.317 e. The van der Waals surface area contributed by atoms with Gasteiger partial charge in [0, 0.05) is 63.7 Å². The first kappa shape index (κ1) is 52.2. The Morgan fingerprint density at radius 1 is 0.508 bits per heavy atom. The number of halogens is 4. The van der Waals surface area contributed by atoms with Crippen LogP contribution < -0.4 is 21.3 Å². The summed E-state index contributed by atoms with van der Waals surface area (Å²) >= 11 is 0. The van der Waals surface area contributed by atoms with Crippen LogP contribution in [0.3, 0.4) is 0 Å². The molecule has 6 N–H and O–H groups in total. The molecule has 0 saturated carbocycles. The number of amides is 4. The first-order valence-corrected chi connectivity index (χ1v) is 23.0. The number of piperidine rings is 2. The Hall–Kier alpha value is -5.38. The Labute approximate surface area is 383 Å². The summed E-state index contributed by atoms with van der Waals surface area (Å²) in [5.41, 5.74) is 3.60. The zero-order valence-corrected chi connectivity index (χ0v) is 38.5. The first-order valence-electron chi connectivity index (χ1n) is 23.0. The van der Waals surface area contributed by atoms with Crippen molar-refractivity contribution in [2.45, 2.75) is 65.5 Å². The summed E-state index contributed by atoms with van der Waals surface area (Å²) < 4.78 is 53.6. The molecule has 356 valence electrons. The summed E-state index contributed by atoms with van der Waals surface area (Å²) in [5, 5.41) is 13.1. The normalized spacial score (nSPS) is 15.4. The van der Waals surface area contributed by atoms with Crippen molar-refractivity contribution in [3.05, 3.63) is 131 Å². The third-order valence-electron chi connectivity index (χ3n) is 12.6. The first-order chi connectivity index (χ1) is 31.0. The minimum Gasteiger partial charge on any atom is -0.412 e. The average Bonchev–Trinajstić information content (AvgIpc) is 3.32. The standard InChI is InChI=1S/2C25H34F2N4O.H2O/c2*1-3-30(4-2)18-15-28-25(32)31-16-13-20(14-17-31)24(19-5-7-21(26)8-6-19)29-23-11-9-22(27)10-12-23;/h2*5-12,20,24,29H,3-4,13-18H2,1-2H3,(H,28,32);1H2. The van der Waals surface area contributed by atoms with Crippen LogP contribution in [-0.2, 0) is 0 Å². The highest BCUT2D eigenvalue weighted by atomic mass is 19.1. The fourth-order valence-corrected chi connectivity index (χ4v) is 8.56. The van der Waals surface area contributed by atoms with Gasteiger partial charge < -0.3 is 46.3 Å². The Morgan fingerprint density at radius 2 is 0.785 bits per heavy atom. The molecule has 2 fully saturated rings. The van der Waals surface area contributed by atoms with E-state index < -0.39 is 0 Å². The van der Waals surface area contributed by atoms with Gasteiger partial charge in [0.05, 0.1) is 12.1 Å². The number of anilines is 2. The van der Waals surface area contributed by atoms with Crippen LogP contribution in [-0.4, -0.2) is 116 Å². The van der Waals surface area contributed by atoms with Crippen LogP contribution in [0.5, 0.6) is 0 Å². The van der Waals surface area contributed by atoms with Crippen LogP contribution in [0.25, 0.3) is 0 Å². The third-order valence-corrected chi connectivity index (χ3v) is 12.6. The fourth-order valence-electron chi connectivity index (χ4n) is 8.56. The number of benzene rings is 4. The van der Waals surface area contributed by atoms with Gasteiger partial charge in [-0.15, -0.1) is 0 Å². The Morgan fingerprint density at radius 3 is 1.06 bits per heavy atom. The number of rotatable bonds is 18. The molecule has 0 radical (unpaired) electrons. The maximum absolute atomic E-state index is 13.5. The molecule has 4 aromatic rings. The van der Waals surface area contributed by atoms with Gasteiger partial charge in [-0.1, -0.05) is 52.0 Å². The highest BCUT2D eigenvalue weighted by Crippen LogP contribution is 2.35. The maximum Gasteiger partial charge on any atom is 0.317 e. The predicted molar refractivity (Wildman–Crippen MR) is 253 cm³/mol. The van der Waals surface area contributed by atoms with Gasteiger partial charge in [0.25, 0.3) is 0 Å². The van der Waals surface area contributed by atoms with Crippen LogP contribution in [0.15, 0.2) is 97.1 Å². The zero-order chi connectivity index (χ0) is 45.8. The van der Waals surface area contributed by atoms with Crippen molar-refractivity contribution in [1.29, 1.82) is 0 Å². The molecule has 65 heavy (non-hydrogen) atoms. The summed E-state index contributed by atoms with van der Waals surface area (Å²) in [5.74, 6) is -0.574. The fraction of sp³-hybridized carbons (Fsp3) is 0.480. The molecule has 6 rings (SSSR count). The second-order valence-corrected chi connectivity index (χ2v) is 16.5. The van der Waals surface area contributed by atoms with Crippen molar-refractivity contribution in [1.82, 2.24) is 30.2 Å². The monoisotopic (exact) mass is 907 g/mol. The molecule has 2 heterocycles. The number of likely N-dealkylation sites (tertiary alicyclic amines) is 2. The molecule has 2 unspecified atom stereocenters. The minimum atomic E-state index is -0.283. The number of hydrogen-bond donors (Lipinski definition) is 4. The van der Waals surface area contributed by atoms with Gasteiger partial charge in [-0.25, -0.2) is 27.2 Å². The minimum absolute atomic E-state index is 0. The number of carbonyl (C=O) groups is 2. The van der Waals surface area contributed by atoms with Crippen molar-refractivity contribution in [3.8, 4) is 0 Å². The summed E-state index contributed by atoms with van der Waals surface area (Å²) in [4.78, 5) is 33.4. The number of likely N-dealkylation sites (N-methyl/N-ethyl adjacent to an activating group) is 2. The Bertz CT molecular complexity index is 1810. The molecular weight excluding hydrogens is 837 g/mol. The number of carbonyl (C=O) groups excluding carboxylic acids is 2. The summed E-state index contributed by atoms with van der Waals surface area (Å²) in [6.45, 7) is 18.1. The third kappa shape index (κ3) is 16.5. The van der Waals surface area contributed by atoms with E-state index in [-0.39, 0.29) is 64.7 Å². The lowest BCUT2D eigenvalue weighted by Crippen LogP contribution is -2.47. The van der Waals surface area contributed by atoms with Crippen molar-refractivity contribution in [2.75, 3.05) is 89.2 Å². The van der Waals surface area contributed by atoms with Gasteiger partial charge in [-0.3, -0.25) is 0 Å². The van der Waals surface area contributed by atoms with E-state index in [2.05, 4.69) is 58.8 Å². The number of hydrogen-bond acceptors (Lipinski definition) is 6. The lowest BCUT2D eigenvalue weighted by atomic mass is 9.85. The average molecular weight is 907 g/mol. The molecule has 4 amide bonds. The van der Waals surface area contributed by atoms with Crippen molar-refractivity contribution in [2.24, 2.45) is 11.8 Å². The van der Waals surface area contributed by atoms with E-state index in [1.807, 2.05) is 9.80 Å². The molecule has 11 nitrogen and oxygen atoms in total. The van der Waals surface area contributed by atoms with E-state index in [9.17, 15) is 27.2 Å². The van der Waals surface area contributed by atoms with Gasteiger partial charge in [-0.05, 0) is 148 Å². The molecule has 0 aliphatic carbocycles. The van der Waals surface area contributed by atoms with E-state index in [4.69, 9.17) is 0 Å². The van der Waals surface area contributed by atoms with Crippen LogP contribution in [0.4, 0.5) is 38.5 Å². The van der Waals surface area contributed by atoms with Gasteiger partial charge >= 0.3 is 12.1 Å². The molecule has 15 heteroatoms. The van der Waals surface area contributed by atoms with E-state index in [1.165, 1.54) is 48.5 Å². The van der Waals surface area contributed by atoms with Gasteiger partial charge in [0.1, 0.15) is 23.3 Å². The van der Waals surface area contributed by atoms with E-state index >= 15 is 0 Å². The van der Waals surface area contributed by atoms with E-state index in [1.54, 1.807) is 48.5 Å². The van der Waals surface area contributed by atoms with Crippen molar-refractivity contribution < 1.29 is 32.6 Å². The van der Waals surface area contributed by atoms with Crippen LogP contribution in [0.1, 0.15) is 76.6 Å². The highest BCUT2D eigenvalue weighted by Gasteiger charge is 2.31. The molecule has 0 spiro atoms. The Kier molecular flexibility index (Phi) is 21.8.